The molecule has 1 radical (unpaired) electrons. The summed E-state index contributed by atoms with van der Waals surface area (Å²) in [5.74, 6) is -1.72. The molecule has 8 bridgehead atoms. The van der Waals surface area contributed by atoms with E-state index in [1.165, 1.54) is 16.9 Å². The van der Waals surface area contributed by atoms with Crippen LogP contribution in [0.4, 0.5) is 0 Å². The van der Waals surface area contributed by atoms with E-state index < -0.39 is 11.9 Å². The quantitative estimate of drug-likeness (QED) is 0.0740. The van der Waals surface area contributed by atoms with Crippen molar-refractivity contribution in [3.63, 3.8) is 0 Å². The molecule has 58 heavy (non-hydrogen) atoms. The van der Waals surface area contributed by atoms with E-state index in [9.17, 15) is 19.8 Å². The summed E-state index contributed by atoms with van der Waals surface area (Å²) in [5, 5.41) is 31.0. The number of halogens is 4. The first-order valence-corrected chi connectivity index (χ1v) is 18.2. The van der Waals surface area contributed by atoms with Crippen molar-refractivity contribution in [1.29, 1.82) is 0 Å². The number of aromatic carboxylic acids is 2. The number of nitrogens with zero attached hydrogens (tertiary/aromatic N) is 9. The van der Waals surface area contributed by atoms with Crippen molar-refractivity contribution in [2.45, 2.75) is 0 Å². The zero-order chi connectivity index (χ0) is 39.3. The second-order valence-corrected chi connectivity index (χ2v) is 14.2. The molecule has 14 nitrogen and oxygen atoms in total. The maximum absolute atomic E-state index is 11.8. The Morgan fingerprint density at radius 3 is 1.69 bits per heavy atom. The Morgan fingerprint density at radius 1 is 0.552 bits per heavy atom. The van der Waals surface area contributed by atoms with Gasteiger partial charge in [-0.2, -0.15) is 0 Å². The van der Waals surface area contributed by atoms with E-state index in [0.717, 1.165) is 11.6 Å². The summed E-state index contributed by atoms with van der Waals surface area (Å²) in [6.45, 7) is 0. The number of fused-ring (bicyclic) bond motifs is 20. The van der Waals surface area contributed by atoms with E-state index in [4.69, 9.17) is 91.2 Å². The normalized spacial score (nSPS) is 11.6. The summed E-state index contributed by atoms with van der Waals surface area (Å²) < 4.78 is 6.04. The molecule has 0 aliphatic carbocycles. The number of carboxylic acid groups (broad SMARTS) is 2. The number of benzene rings is 5. The summed E-state index contributed by atoms with van der Waals surface area (Å²) in [4.78, 5) is 53.9. The number of carbonyl (C=O) groups is 2. The third-order valence-electron chi connectivity index (χ3n) is 9.24. The van der Waals surface area contributed by atoms with Gasteiger partial charge in [-0.1, -0.05) is 100 Å². The van der Waals surface area contributed by atoms with Gasteiger partial charge in [-0.15, -0.1) is 0 Å². The van der Waals surface area contributed by atoms with E-state index in [1.807, 2.05) is 48.5 Å². The molecule has 0 spiro atoms. The first-order valence-electron chi connectivity index (χ1n) is 16.6. The molecule has 0 saturated carbocycles. The van der Waals surface area contributed by atoms with Crippen LogP contribution in [0, 0.1) is 0 Å². The van der Waals surface area contributed by atoms with Crippen LogP contribution in [0.3, 0.4) is 0 Å². The Hall–Kier alpha value is -6.19. The average molecular weight is 896 g/mol. The third-order valence-corrected chi connectivity index (χ3v) is 11.0. The van der Waals surface area contributed by atoms with Crippen LogP contribution in [0.2, 0.25) is 20.1 Å². The molecule has 8 aromatic rings. The molecular formula is C39H16Cl4CuN9O5+. The van der Waals surface area contributed by atoms with Gasteiger partial charge in [0.05, 0.1) is 43.5 Å². The van der Waals surface area contributed by atoms with Crippen LogP contribution in [0.5, 0.6) is 11.5 Å². The van der Waals surface area contributed by atoms with E-state index in [0.29, 0.717) is 44.4 Å². The number of hydrogen-bond donors (Lipinski definition) is 2. The maximum Gasteiger partial charge on any atom is 2.00 e. The number of ether oxygens (including phenoxy) is 1. The van der Waals surface area contributed by atoms with Crippen molar-refractivity contribution in [2.24, 2.45) is 0 Å². The Balaban J connectivity index is 0.00000436. The number of aromatic nitrogens is 9. The smallest absolute Gasteiger partial charge is 0.478 e. The van der Waals surface area contributed by atoms with E-state index in [-0.39, 0.29) is 93.8 Å². The van der Waals surface area contributed by atoms with E-state index in [2.05, 4.69) is 0 Å². The molecule has 19 heteroatoms. The molecule has 0 saturated heterocycles. The fourth-order valence-corrected chi connectivity index (χ4v) is 7.66. The van der Waals surface area contributed by atoms with Crippen LogP contribution >= 0.6 is 46.4 Å². The number of rotatable bonds is 4. The van der Waals surface area contributed by atoms with Crippen LogP contribution in [-0.2, 0) is 17.1 Å². The van der Waals surface area contributed by atoms with Crippen molar-refractivity contribution < 1.29 is 46.4 Å². The first kappa shape index (κ1) is 37.4. The molecule has 0 fully saturated rings. The molecule has 10 rings (SSSR count). The zero-order valence-corrected chi connectivity index (χ0v) is 32.5. The van der Waals surface area contributed by atoms with Gasteiger partial charge < -0.3 is 39.9 Å². The third kappa shape index (κ3) is 5.98. The SMILES string of the molecule is O=C(O)c1cc(Oc2ccc3c4nc5nc(nc6[n-]c(nc7n[n+](nc([n-]4)c3c2)-c2c(Cl)c(Cl)c(Cl)c(Cl)c2-7)c2ccccc62)-c2ccccc2-5)cc(C(=O)O)c1.[Cu+2]. The minimum Gasteiger partial charge on any atom is -0.478 e. The van der Waals surface area contributed by atoms with Crippen LogP contribution in [0.25, 0.3) is 84.0 Å². The van der Waals surface area contributed by atoms with Crippen LogP contribution in [0.15, 0.2) is 84.9 Å². The molecule has 285 valence electrons. The standard InChI is InChI=1S/C39H17Cl4N9O5.Cu/c40-26-25-30(29(43)28(42)27(26)41)52-50-36-24-14-17(57-18-12-15(38(53)54)11-16(13-18)39(55)56)9-10-23(24)35(48-36)47-33-20-6-2-1-5-19(20)31(45-33)44-32-21-7-3-4-8-22(21)34(46-32)49-37(25)51-52;/h1-14H,(H3,44,45,46,47,48,49,50,51,53,54,55,56);/q;+2/p-1. The fourth-order valence-electron chi connectivity index (χ4n) is 6.66. The van der Waals surface area contributed by atoms with Gasteiger partial charge in [-0.3, -0.25) is 0 Å². The molecule has 3 aromatic heterocycles. The van der Waals surface area contributed by atoms with Gasteiger partial charge in [-0.05, 0) is 52.6 Å². The van der Waals surface area contributed by atoms with Crippen molar-refractivity contribution >= 4 is 102 Å². The van der Waals surface area contributed by atoms with Gasteiger partial charge in [0.2, 0.25) is 0 Å². The van der Waals surface area contributed by atoms with Gasteiger partial charge in [0, 0.05) is 43.3 Å². The molecule has 0 atom stereocenters. The largest absolute Gasteiger partial charge is 2.00 e. The number of carboxylic acids is 2. The summed E-state index contributed by atoms with van der Waals surface area (Å²) >= 11 is 26.8. The Bertz CT molecular complexity index is 3290. The topological polar surface area (TPSA) is 193 Å². The second kappa shape index (κ2) is 14.0. The van der Waals surface area contributed by atoms with Gasteiger partial charge in [0.1, 0.15) is 22.1 Å². The molecule has 5 aromatic carbocycles. The number of hydrogen-bond acceptors (Lipinski definition) is 9. The van der Waals surface area contributed by atoms with Crippen molar-refractivity contribution in [2.75, 3.05) is 0 Å². The van der Waals surface area contributed by atoms with Gasteiger partial charge in [0.15, 0.2) is 5.82 Å². The molecule has 5 heterocycles. The molecular weight excluding hydrogens is 880 g/mol. The van der Waals surface area contributed by atoms with Gasteiger partial charge >= 0.3 is 29.0 Å². The van der Waals surface area contributed by atoms with Gasteiger partial charge in [-0.25, -0.2) is 14.6 Å². The monoisotopic (exact) mass is 893 g/mol. The van der Waals surface area contributed by atoms with Crippen molar-refractivity contribution in [3.8, 4) is 51.3 Å². The second-order valence-electron chi connectivity index (χ2n) is 12.7. The Kier molecular flexibility index (Phi) is 9.04. The maximum atomic E-state index is 11.8. The molecule has 0 amide bonds. The van der Waals surface area contributed by atoms with E-state index in [1.54, 1.807) is 18.2 Å². The van der Waals surface area contributed by atoms with Crippen LogP contribution in [0.1, 0.15) is 20.7 Å². The summed E-state index contributed by atoms with van der Waals surface area (Å²) in [7, 11) is 0. The Morgan fingerprint density at radius 2 is 1.09 bits per heavy atom. The van der Waals surface area contributed by atoms with Crippen molar-refractivity contribution in [3.05, 3.63) is 116 Å². The minimum atomic E-state index is -1.33. The fraction of sp³-hybridized carbons (Fsp3) is 0. The predicted octanol–water partition coefficient (Wildman–Crippen LogP) is 8.54. The van der Waals surface area contributed by atoms with Gasteiger partial charge in [0.25, 0.3) is 5.69 Å². The predicted molar refractivity (Wildman–Crippen MR) is 211 cm³/mol. The Labute approximate surface area is 354 Å². The average Bonchev–Trinajstić information content (AvgIpc) is 3.94. The molecule has 2 aliphatic heterocycles. The van der Waals surface area contributed by atoms with Crippen LogP contribution < -0.4 is 19.5 Å². The van der Waals surface area contributed by atoms with Crippen molar-refractivity contribution in [1.82, 2.24) is 40.1 Å². The molecule has 0 unspecified atom stereocenters. The summed E-state index contributed by atoms with van der Waals surface area (Å²) in [6, 6.07) is 23.3. The minimum absolute atomic E-state index is 0. The molecule has 2 aliphatic rings. The molecule has 2 N–H and O–H groups in total. The summed E-state index contributed by atoms with van der Waals surface area (Å²) in [5.41, 5.74) is 2.24. The van der Waals surface area contributed by atoms with Crippen LogP contribution in [-0.4, -0.2) is 52.3 Å². The zero-order valence-electron chi connectivity index (χ0n) is 28.5. The first-order chi connectivity index (χ1) is 27.5. The summed E-state index contributed by atoms with van der Waals surface area (Å²) in [6.07, 6.45) is 0. The van der Waals surface area contributed by atoms with E-state index >= 15 is 0 Å².